The predicted molar refractivity (Wildman–Crippen MR) is 62.2 cm³/mol. The number of carbonyl (C=O) groups excluding carboxylic acids is 1. The van der Waals surface area contributed by atoms with E-state index in [2.05, 4.69) is 20.3 Å². The Kier molecular flexibility index (Phi) is 3.19. The van der Waals surface area contributed by atoms with Gasteiger partial charge in [-0.2, -0.15) is 0 Å². The van der Waals surface area contributed by atoms with Crippen LogP contribution in [0.1, 0.15) is 0 Å². The van der Waals surface area contributed by atoms with Crippen molar-refractivity contribution in [2.45, 2.75) is 0 Å². The molecular weight excluding hydrogens is 240 g/mol. The number of benzene rings is 1. The third-order valence-corrected chi connectivity index (χ3v) is 1.99. The lowest BCUT2D eigenvalue weighted by molar-refractivity contribution is -0.384. The van der Waals surface area contributed by atoms with E-state index in [9.17, 15) is 14.9 Å². The molecule has 2 N–H and O–H groups in total. The number of nitro groups is 1. The maximum atomic E-state index is 11.5. The number of urea groups is 1. The molecule has 0 aliphatic carbocycles. The fraction of sp³-hybridized carbons (Fsp3) is 0. The normalized spacial score (nSPS) is 9.78. The Bertz CT molecular complexity index is 567. The fourth-order valence-corrected chi connectivity index (χ4v) is 1.25. The first-order valence-corrected chi connectivity index (χ1v) is 4.88. The van der Waals surface area contributed by atoms with E-state index in [0.717, 1.165) is 0 Å². The van der Waals surface area contributed by atoms with Gasteiger partial charge in [0, 0.05) is 23.9 Å². The lowest BCUT2D eigenvalue weighted by Gasteiger charge is -2.04. The maximum Gasteiger partial charge on any atom is 0.326 e. The third-order valence-electron chi connectivity index (χ3n) is 1.99. The van der Waals surface area contributed by atoms with E-state index in [-0.39, 0.29) is 11.6 Å². The number of hydrogen-bond donors (Lipinski definition) is 2. The fourth-order valence-electron chi connectivity index (χ4n) is 1.25. The molecule has 0 saturated heterocycles. The number of hydrogen-bond acceptors (Lipinski definition) is 5. The first kappa shape index (κ1) is 11.6. The monoisotopic (exact) mass is 248 g/mol. The Hall–Kier alpha value is -2.90. The van der Waals surface area contributed by atoms with Crippen LogP contribution in [0.5, 0.6) is 0 Å². The van der Waals surface area contributed by atoms with E-state index in [1.165, 1.54) is 36.5 Å². The number of anilines is 2. The zero-order valence-corrected chi connectivity index (χ0v) is 8.99. The van der Waals surface area contributed by atoms with Gasteiger partial charge in [0.1, 0.15) is 0 Å². The first-order chi connectivity index (χ1) is 8.65. The lowest BCUT2D eigenvalue weighted by Crippen LogP contribution is -2.19. The summed E-state index contributed by atoms with van der Waals surface area (Å²) in [5.74, 6) is 0.179. The molecule has 2 aromatic rings. The molecule has 18 heavy (non-hydrogen) atoms. The molecule has 0 aliphatic rings. The summed E-state index contributed by atoms with van der Waals surface area (Å²) in [4.78, 5) is 21.5. The quantitative estimate of drug-likeness (QED) is 0.639. The smallest absolute Gasteiger partial charge is 0.326 e. The predicted octanol–water partition coefficient (Wildman–Crippen LogP) is 2.23. The Morgan fingerprint density at radius 3 is 2.83 bits per heavy atom. The summed E-state index contributed by atoms with van der Waals surface area (Å²) in [6.07, 6.45) is 1.38. The highest BCUT2D eigenvalue weighted by atomic mass is 16.6. The van der Waals surface area contributed by atoms with Crippen LogP contribution in [0.4, 0.5) is 22.1 Å². The van der Waals surface area contributed by atoms with Crippen molar-refractivity contribution in [2.75, 3.05) is 10.6 Å². The van der Waals surface area contributed by atoms with Crippen LogP contribution in [0, 0.1) is 10.1 Å². The largest absolute Gasteiger partial charge is 0.338 e. The number of aromatic nitrogens is 1. The van der Waals surface area contributed by atoms with E-state index in [1.54, 1.807) is 0 Å². The van der Waals surface area contributed by atoms with Crippen LogP contribution in [-0.4, -0.2) is 16.1 Å². The average molecular weight is 248 g/mol. The minimum absolute atomic E-state index is 0.104. The van der Waals surface area contributed by atoms with Gasteiger partial charge < -0.3 is 9.84 Å². The van der Waals surface area contributed by atoms with Crippen LogP contribution in [0.2, 0.25) is 0 Å². The van der Waals surface area contributed by atoms with E-state index >= 15 is 0 Å². The minimum Gasteiger partial charge on any atom is -0.338 e. The van der Waals surface area contributed by atoms with Gasteiger partial charge in [-0.3, -0.25) is 15.4 Å². The molecule has 0 unspecified atom stereocenters. The Morgan fingerprint density at radius 1 is 1.33 bits per heavy atom. The summed E-state index contributed by atoms with van der Waals surface area (Å²) in [6, 6.07) is 6.48. The van der Waals surface area contributed by atoms with Crippen molar-refractivity contribution in [3.05, 3.63) is 46.6 Å². The molecule has 0 atom stereocenters. The molecule has 1 heterocycles. The molecule has 8 nitrogen and oxygen atoms in total. The summed E-state index contributed by atoms with van der Waals surface area (Å²) >= 11 is 0. The van der Waals surface area contributed by atoms with Crippen molar-refractivity contribution < 1.29 is 14.2 Å². The van der Waals surface area contributed by atoms with Crippen molar-refractivity contribution in [2.24, 2.45) is 0 Å². The van der Waals surface area contributed by atoms with E-state index < -0.39 is 11.0 Å². The SMILES string of the molecule is O=C(Nc1cccc([N+](=O)[O-])c1)Nc1ccno1. The Morgan fingerprint density at radius 2 is 2.17 bits per heavy atom. The number of carbonyl (C=O) groups is 1. The molecule has 0 fully saturated rings. The van der Waals surface area contributed by atoms with Crippen molar-refractivity contribution in [3.8, 4) is 0 Å². The van der Waals surface area contributed by atoms with Gasteiger partial charge in [0.15, 0.2) is 0 Å². The minimum atomic E-state index is -0.577. The highest BCUT2D eigenvalue weighted by molar-refractivity contribution is 5.98. The van der Waals surface area contributed by atoms with Crippen LogP contribution >= 0.6 is 0 Å². The molecule has 0 aliphatic heterocycles. The van der Waals surface area contributed by atoms with E-state index in [4.69, 9.17) is 0 Å². The molecule has 2 amide bonds. The van der Waals surface area contributed by atoms with Crippen molar-refractivity contribution in [1.82, 2.24) is 5.16 Å². The highest BCUT2D eigenvalue weighted by Crippen LogP contribution is 2.17. The molecule has 0 radical (unpaired) electrons. The summed E-state index contributed by atoms with van der Waals surface area (Å²) in [6.45, 7) is 0. The van der Waals surface area contributed by atoms with Gasteiger partial charge in [-0.25, -0.2) is 4.79 Å². The number of non-ortho nitro benzene ring substituents is 1. The molecule has 1 aromatic carbocycles. The average Bonchev–Trinajstić information content (AvgIpc) is 2.82. The second-order valence-corrected chi connectivity index (χ2v) is 3.26. The molecule has 2 rings (SSSR count). The molecule has 8 heteroatoms. The van der Waals surface area contributed by atoms with Gasteiger partial charge in [0.05, 0.1) is 11.1 Å². The molecule has 92 valence electrons. The van der Waals surface area contributed by atoms with Crippen LogP contribution in [-0.2, 0) is 0 Å². The molecule has 0 saturated carbocycles. The van der Waals surface area contributed by atoms with Crippen molar-refractivity contribution in [3.63, 3.8) is 0 Å². The summed E-state index contributed by atoms with van der Waals surface area (Å²) in [7, 11) is 0. The summed E-state index contributed by atoms with van der Waals surface area (Å²) in [5.41, 5.74) is 0.202. The van der Waals surface area contributed by atoms with Crippen molar-refractivity contribution >= 4 is 23.3 Å². The molecule has 0 bridgehead atoms. The zero-order valence-electron chi connectivity index (χ0n) is 8.99. The van der Waals surface area contributed by atoms with Gasteiger partial charge in [-0.15, -0.1) is 0 Å². The Balaban J connectivity index is 2.03. The molecule has 1 aromatic heterocycles. The van der Waals surface area contributed by atoms with Gasteiger partial charge >= 0.3 is 6.03 Å². The van der Waals surface area contributed by atoms with Crippen LogP contribution in [0.15, 0.2) is 41.1 Å². The first-order valence-electron chi connectivity index (χ1n) is 4.88. The topological polar surface area (TPSA) is 110 Å². The Labute approximate surface area is 101 Å². The zero-order chi connectivity index (χ0) is 13.0. The second kappa shape index (κ2) is 4.95. The third kappa shape index (κ3) is 2.82. The maximum absolute atomic E-state index is 11.5. The van der Waals surface area contributed by atoms with Crippen molar-refractivity contribution in [1.29, 1.82) is 0 Å². The summed E-state index contributed by atoms with van der Waals surface area (Å²) in [5, 5.41) is 18.8. The van der Waals surface area contributed by atoms with Gasteiger partial charge in [-0.05, 0) is 6.07 Å². The van der Waals surface area contributed by atoms with Gasteiger partial charge in [0.25, 0.3) is 5.69 Å². The highest BCUT2D eigenvalue weighted by Gasteiger charge is 2.09. The summed E-state index contributed by atoms with van der Waals surface area (Å²) < 4.78 is 4.67. The number of amides is 2. The molecule has 0 spiro atoms. The number of nitrogens with one attached hydrogen (secondary N) is 2. The number of nitro benzene ring substituents is 1. The molecular formula is C10H8N4O4. The van der Waals surface area contributed by atoms with Crippen LogP contribution in [0.25, 0.3) is 0 Å². The van der Waals surface area contributed by atoms with E-state index in [1.807, 2.05) is 0 Å². The number of rotatable bonds is 3. The van der Waals surface area contributed by atoms with Crippen LogP contribution < -0.4 is 10.6 Å². The van der Waals surface area contributed by atoms with Crippen LogP contribution in [0.3, 0.4) is 0 Å². The van der Waals surface area contributed by atoms with E-state index in [0.29, 0.717) is 5.69 Å². The van der Waals surface area contributed by atoms with Gasteiger partial charge in [0.2, 0.25) is 5.88 Å². The standard InChI is InChI=1S/C10H8N4O4/c15-10(13-9-4-5-11-18-9)12-7-2-1-3-8(6-7)14(16)17/h1-6H,(H2,12,13,15). The lowest BCUT2D eigenvalue weighted by atomic mass is 10.3. The number of nitrogens with zero attached hydrogens (tertiary/aromatic N) is 2. The van der Waals surface area contributed by atoms with Gasteiger partial charge in [-0.1, -0.05) is 11.2 Å². The second-order valence-electron chi connectivity index (χ2n) is 3.26.